The van der Waals surface area contributed by atoms with E-state index in [1.54, 1.807) is 20.8 Å². The highest BCUT2D eigenvalue weighted by Gasteiger charge is 2.52. The Morgan fingerprint density at radius 3 is 2.20 bits per heavy atom. The molecule has 0 unspecified atom stereocenters. The molecule has 1 heterocycles. The van der Waals surface area contributed by atoms with Crippen molar-refractivity contribution < 1.29 is 31.1 Å². The summed E-state index contributed by atoms with van der Waals surface area (Å²) in [6.45, 7) is 6.29. The molecule has 1 aromatic rings. The van der Waals surface area contributed by atoms with Crippen molar-refractivity contribution in [2.75, 3.05) is 13.1 Å². The van der Waals surface area contributed by atoms with Crippen LogP contribution in [0.15, 0.2) is 24.3 Å². The maximum Gasteiger partial charge on any atom is 0.422 e. The molecule has 3 rings (SSSR count). The molecular weight excluding hydrogens is 423 g/mol. The monoisotopic (exact) mass is 449 g/mol. The van der Waals surface area contributed by atoms with E-state index in [9.17, 15) is 26.4 Å². The highest BCUT2D eigenvalue weighted by molar-refractivity contribution is 7.87. The average molecular weight is 449 g/mol. The van der Waals surface area contributed by atoms with Gasteiger partial charge in [0.1, 0.15) is 5.60 Å². The highest BCUT2D eigenvalue weighted by atomic mass is 32.2. The van der Waals surface area contributed by atoms with Gasteiger partial charge in [-0.15, -0.1) is 0 Å². The summed E-state index contributed by atoms with van der Waals surface area (Å²) in [6.07, 6.45) is -4.33. The van der Waals surface area contributed by atoms with Gasteiger partial charge in [0.2, 0.25) is 0 Å². The van der Waals surface area contributed by atoms with E-state index in [-0.39, 0.29) is 18.0 Å². The van der Waals surface area contributed by atoms with Gasteiger partial charge in [-0.3, -0.25) is 0 Å². The van der Waals surface area contributed by atoms with Gasteiger partial charge in [0.25, 0.3) is 0 Å². The predicted molar refractivity (Wildman–Crippen MR) is 104 cm³/mol. The zero-order valence-corrected chi connectivity index (χ0v) is 17.9. The van der Waals surface area contributed by atoms with Crippen LogP contribution in [-0.2, 0) is 27.7 Å². The van der Waals surface area contributed by atoms with Crippen LogP contribution in [0.3, 0.4) is 0 Å². The predicted octanol–water partition coefficient (Wildman–Crippen LogP) is 3.03. The summed E-state index contributed by atoms with van der Waals surface area (Å²) in [6, 6.07) is 3.98. The van der Waals surface area contributed by atoms with E-state index in [1.807, 2.05) is 4.72 Å². The Morgan fingerprint density at radius 1 is 1.20 bits per heavy atom. The maximum atomic E-state index is 12.9. The van der Waals surface area contributed by atoms with E-state index in [0.29, 0.717) is 18.4 Å². The highest BCUT2D eigenvalue weighted by Crippen LogP contribution is 2.47. The van der Waals surface area contributed by atoms with E-state index >= 15 is 0 Å². The number of nitrogens with one attached hydrogen (secondary N) is 2. The van der Waals surface area contributed by atoms with Gasteiger partial charge in [0, 0.05) is 25.7 Å². The molecule has 1 spiro atoms. The SMILES string of the molecule is CC(C)(C)OC(=O)NS(=O)(=O)N(Cc1ccc(C(F)(F)F)cc1)C1CC2(CNC2)C1. The fourth-order valence-electron chi connectivity index (χ4n) is 3.76. The van der Waals surface area contributed by atoms with Crippen molar-refractivity contribution in [3.8, 4) is 0 Å². The number of amides is 1. The average Bonchev–Trinajstić information content (AvgIpc) is 2.48. The van der Waals surface area contributed by atoms with E-state index in [2.05, 4.69) is 5.32 Å². The minimum atomic E-state index is -4.47. The summed E-state index contributed by atoms with van der Waals surface area (Å²) in [5, 5.41) is 3.17. The summed E-state index contributed by atoms with van der Waals surface area (Å²) in [7, 11) is -4.26. The molecule has 0 atom stereocenters. The van der Waals surface area contributed by atoms with Crippen LogP contribution in [0.1, 0.15) is 44.7 Å². The van der Waals surface area contributed by atoms with Crippen LogP contribution in [0.4, 0.5) is 18.0 Å². The van der Waals surface area contributed by atoms with Crippen LogP contribution in [0.25, 0.3) is 0 Å². The number of rotatable bonds is 5. The van der Waals surface area contributed by atoms with Gasteiger partial charge in [-0.2, -0.15) is 25.9 Å². The van der Waals surface area contributed by atoms with Crippen molar-refractivity contribution in [2.24, 2.45) is 5.41 Å². The molecule has 2 fully saturated rings. The zero-order valence-electron chi connectivity index (χ0n) is 17.0. The second-order valence-electron chi connectivity index (χ2n) is 9.01. The number of carbonyl (C=O) groups excluding carboxylic acids is 1. The topological polar surface area (TPSA) is 87.7 Å². The third-order valence-corrected chi connectivity index (χ3v) is 6.75. The molecule has 2 N–H and O–H groups in total. The Balaban J connectivity index is 1.77. The largest absolute Gasteiger partial charge is 0.443 e. The lowest BCUT2D eigenvalue weighted by Crippen LogP contribution is -2.66. The number of ether oxygens (including phenoxy) is 1. The summed E-state index contributed by atoms with van der Waals surface area (Å²) in [5.74, 6) is 0. The third-order valence-electron chi connectivity index (χ3n) is 5.28. The van der Waals surface area contributed by atoms with Gasteiger partial charge in [-0.25, -0.2) is 9.52 Å². The molecule has 1 saturated heterocycles. The number of halogens is 3. The summed E-state index contributed by atoms with van der Waals surface area (Å²) in [5.41, 5.74) is -1.23. The minimum absolute atomic E-state index is 0.0600. The molecule has 7 nitrogen and oxygen atoms in total. The molecule has 0 radical (unpaired) electrons. The van der Waals surface area contributed by atoms with Crippen LogP contribution >= 0.6 is 0 Å². The van der Waals surface area contributed by atoms with Crippen molar-refractivity contribution in [3.63, 3.8) is 0 Å². The van der Waals surface area contributed by atoms with Crippen molar-refractivity contribution in [1.29, 1.82) is 0 Å². The molecule has 0 aromatic heterocycles. The van der Waals surface area contributed by atoms with Crippen LogP contribution < -0.4 is 10.0 Å². The van der Waals surface area contributed by atoms with E-state index in [0.717, 1.165) is 29.5 Å². The normalized spacial score (nSPS) is 19.3. The number of hydrogen-bond donors (Lipinski definition) is 2. The molecule has 0 bridgehead atoms. The van der Waals surface area contributed by atoms with Crippen LogP contribution in [0, 0.1) is 5.41 Å². The van der Waals surface area contributed by atoms with E-state index < -0.39 is 33.6 Å². The third kappa shape index (κ3) is 5.25. The molecule has 168 valence electrons. The molecular formula is C19H26F3N3O4S. The summed E-state index contributed by atoms with van der Waals surface area (Å²) >= 11 is 0. The Morgan fingerprint density at radius 2 is 1.77 bits per heavy atom. The number of nitrogens with zero attached hydrogens (tertiary/aromatic N) is 1. The number of benzene rings is 1. The van der Waals surface area contributed by atoms with Crippen molar-refractivity contribution in [2.45, 2.75) is 58.0 Å². The van der Waals surface area contributed by atoms with Gasteiger partial charge >= 0.3 is 22.5 Å². The van der Waals surface area contributed by atoms with Gasteiger partial charge in [0.05, 0.1) is 5.56 Å². The van der Waals surface area contributed by atoms with Gasteiger partial charge in [0.15, 0.2) is 0 Å². The Labute approximate surface area is 174 Å². The fraction of sp³-hybridized carbons (Fsp3) is 0.632. The molecule has 2 aliphatic rings. The first-order valence-electron chi connectivity index (χ1n) is 9.59. The second kappa shape index (κ2) is 7.69. The first-order valence-corrected chi connectivity index (χ1v) is 11.0. The lowest BCUT2D eigenvalue weighted by Gasteiger charge is -2.56. The second-order valence-corrected chi connectivity index (χ2v) is 10.6. The van der Waals surface area contributed by atoms with Crippen LogP contribution in [0.5, 0.6) is 0 Å². The van der Waals surface area contributed by atoms with Crippen LogP contribution in [-0.4, -0.2) is 43.5 Å². The summed E-state index contributed by atoms with van der Waals surface area (Å²) < 4.78 is 72.4. The number of alkyl halides is 3. The molecule has 1 aliphatic heterocycles. The van der Waals surface area contributed by atoms with Crippen molar-refractivity contribution in [3.05, 3.63) is 35.4 Å². The van der Waals surface area contributed by atoms with Gasteiger partial charge in [-0.1, -0.05) is 12.1 Å². The molecule has 1 aromatic carbocycles. The van der Waals surface area contributed by atoms with E-state index in [4.69, 9.17) is 4.74 Å². The first kappa shape index (κ1) is 22.8. The quantitative estimate of drug-likeness (QED) is 0.722. The van der Waals surface area contributed by atoms with Crippen LogP contribution in [0.2, 0.25) is 0 Å². The maximum absolute atomic E-state index is 12.9. The lowest BCUT2D eigenvalue weighted by molar-refractivity contribution is -0.137. The number of hydrogen-bond acceptors (Lipinski definition) is 5. The van der Waals surface area contributed by atoms with Crippen molar-refractivity contribution >= 4 is 16.3 Å². The molecule has 1 saturated carbocycles. The molecule has 1 aliphatic carbocycles. The Bertz CT molecular complexity index is 883. The zero-order chi connectivity index (χ0) is 22.4. The standard InChI is InChI=1S/C19H26F3N3O4S/c1-17(2,3)29-16(26)24-30(27,28)25(15-8-18(9-15)11-23-12-18)10-13-4-6-14(7-5-13)19(20,21)22/h4-7,15,23H,8-12H2,1-3H3,(H,24,26). The Kier molecular flexibility index (Phi) is 5.85. The molecule has 30 heavy (non-hydrogen) atoms. The first-order chi connectivity index (χ1) is 13.7. The molecule has 1 amide bonds. The number of carbonyl (C=O) groups is 1. The smallest absolute Gasteiger partial charge is 0.422 e. The van der Waals surface area contributed by atoms with Gasteiger partial charge in [-0.05, 0) is 56.7 Å². The summed E-state index contributed by atoms with van der Waals surface area (Å²) in [4.78, 5) is 12.0. The fourth-order valence-corrected chi connectivity index (χ4v) is 4.99. The minimum Gasteiger partial charge on any atom is -0.443 e. The van der Waals surface area contributed by atoms with Crippen molar-refractivity contribution in [1.82, 2.24) is 14.3 Å². The van der Waals surface area contributed by atoms with Gasteiger partial charge < -0.3 is 10.1 Å². The Hall–Kier alpha value is -1.85. The van der Waals surface area contributed by atoms with E-state index in [1.165, 1.54) is 12.1 Å². The lowest BCUT2D eigenvalue weighted by atomic mass is 9.61. The molecule has 11 heteroatoms.